The molecule has 2 aliphatic rings. The van der Waals surface area contributed by atoms with Crippen molar-refractivity contribution in [3.63, 3.8) is 0 Å². The molecule has 0 saturated carbocycles. The van der Waals surface area contributed by atoms with E-state index in [0.29, 0.717) is 62.2 Å². The van der Waals surface area contributed by atoms with E-state index in [0.717, 1.165) is 0 Å². The van der Waals surface area contributed by atoms with E-state index in [1.165, 1.54) is 4.57 Å². The van der Waals surface area contributed by atoms with E-state index in [1.807, 2.05) is 32.0 Å². The normalized spacial score (nSPS) is 17.7. The Bertz CT molecular complexity index is 1160. The molecule has 0 atom stereocenters. The van der Waals surface area contributed by atoms with Crippen LogP contribution in [-0.2, 0) is 11.2 Å². The number of fused-ring (bicyclic) bond motifs is 1. The van der Waals surface area contributed by atoms with E-state index in [4.69, 9.17) is 4.74 Å². The van der Waals surface area contributed by atoms with Crippen LogP contribution in [0.3, 0.4) is 0 Å². The molecular weight excluding hydrogens is 434 g/mol. The van der Waals surface area contributed by atoms with Gasteiger partial charge in [-0.15, -0.1) is 0 Å². The highest BCUT2D eigenvalue weighted by molar-refractivity contribution is 6.04. The number of para-hydroxylation sites is 1. The number of likely N-dealkylation sites (tertiary alicyclic amines) is 1. The molecule has 180 valence electrons. The fourth-order valence-electron chi connectivity index (χ4n) is 4.84. The maximum Gasteiger partial charge on any atom is 0.409 e. The Kier molecular flexibility index (Phi) is 6.59. The van der Waals surface area contributed by atoms with Gasteiger partial charge >= 0.3 is 6.09 Å². The Morgan fingerprint density at radius 3 is 2.41 bits per heavy atom. The van der Waals surface area contributed by atoms with Crippen LogP contribution in [0, 0.1) is 5.41 Å². The number of ether oxygens (including phenoxy) is 1. The second-order valence-electron chi connectivity index (χ2n) is 9.78. The van der Waals surface area contributed by atoms with Gasteiger partial charge in [-0.2, -0.15) is 0 Å². The van der Waals surface area contributed by atoms with Crippen LogP contribution in [0.5, 0.6) is 0 Å². The zero-order valence-corrected chi connectivity index (χ0v) is 19.9. The topological polar surface area (TPSA) is 97.7 Å². The highest BCUT2D eigenvalue weighted by Crippen LogP contribution is 2.35. The molecule has 1 fully saturated rings. The zero-order chi connectivity index (χ0) is 24.5. The van der Waals surface area contributed by atoms with Gasteiger partial charge in [-0.1, -0.05) is 32.0 Å². The number of aromatic nitrogens is 1. The van der Waals surface area contributed by atoms with Gasteiger partial charge in [-0.25, -0.2) is 4.79 Å². The largest absolute Gasteiger partial charge is 0.450 e. The minimum Gasteiger partial charge on any atom is -0.450 e. The zero-order valence-electron chi connectivity index (χ0n) is 19.9. The molecule has 1 N–H and O–H groups in total. The number of amides is 2. The summed E-state index contributed by atoms with van der Waals surface area (Å²) >= 11 is 0. The number of nitrogens with one attached hydrogen (secondary N) is 1. The average Bonchev–Trinajstić information content (AvgIpc) is 2.79. The van der Waals surface area contributed by atoms with Gasteiger partial charge in [0.25, 0.3) is 11.5 Å². The van der Waals surface area contributed by atoms with Crippen LogP contribution in [-0.4, -0.2) is 53.0 Å². The number of carbonyl (C=O) groups excluding carboxylic acids is 3. The molecule has 0 radical (unpaired) electrons. The Morgan fingerprint density at radius 1 is 1.09 bits per heavy atom. The number of rotatable bonds is 4. The third kappa shape index (κ3) is 4.76. The first-order valence-electron chi connectivity index (χ1n) is 11.8. The molecule has 1 saturated heterocycles. The number of hydrogen-bond acceptors (Lipinski definition) is 5. The van der Waals surface area contributed by atoms with E-state index in [2.05, 4.69) is 5.32 Å². The highest BCUT2D eigenvalue weighted by atomic mass is 16.6. The molecule has 2 heterocycles. The smallest absolute Gasteiger partial charge is 0.409 e. The van der Waals surface area contributed by atoms with Gasteiger partial charge in [0.15, 0.2) is 5.78 Å². The molecule has 1 aromatic heterocycles. The van der Waals surface area contributed by atoms with Crippen molar-refractivity contribution in [2.45, 2.75) is 52.5 Å². The number of ketones is 1. The van der Waals surface area contributed by atoms with Gasteiger partial charge in [-0.3, -0.25) is 19.0 Å². The van der Waals surface area contributed by atoms with Crippen LogP contribution < -0.4 is 10.9 Å². The second-order valence-corrected chi connectivity index (χ2v) is 9.78. The first-order chi connectivity index (χ1) is 16.2. The predicted octanol–water partition coefficient (Wildman–Crippen LogP) is 3.34. The monoisotopic (exact) mass is 465 g/mol. The lowest BCUT2D eigenvalue weighted by Gasteiger charge is -2.33. The van der Waals surface area contributed by atoms with Crippen LogP contribution in [0.2, 0.25) is 0 Å². The van der Waals surface area contributed by atoms with Crippen molar-refractivity contribution >= 4 is 17.8 Å². The maximum absolute atomic E-state index is 13.6. The summed E-state index contributed by atoms with van der Waals surface area (Å²) in [6, 6.07) is 8.84. The summed E-state index contributed by atoms with van der Waals surface area (Å²) in [5.41, 5.74) is 0.831. The van der Waals surface area contributed by atoms with E-state index in [9.17, 15) is 19.2 Å². The standard InChI is InChI=1S/C26H31N3O5/c1-4-34-25(33)28-12-10-17(11-13-28)27-23(31)22-19-14-26(2,3)15-21(30)20(19)16-29(24(22)32)18-8-6-5-7-9-18/h5-9,16-17H,4,10-15H2,1-3H3,(H,27,31). The predicted molar refractivity (Wildman–Crippen MR) is 128 cm³/mol. The Morgan fingerprint density at radius 2 is 1.76 bits per heavy atom. The van der Waals surface area contributed by atoms with Gasteiger partial charge in [0.1, 0.15) is 5.56 Å². The van der Waals surface area contributed by atoms with Gasteiger partial charge in [-0.05, 0) is 49.3 Å². The number of benzene rings is 1. The maximum atomic E-state index is 13.6. The average molecular weight is 466 g/mol. The number of piperidine rings is 1. The number of carbonyl (C=O) groups is 3. The molecule has 0 spiro atoms. The molecule has 0 bridgehead atoms. The van der Waals surface area contributed by atoms with Crippen LogP contribution in [0.25, 0.3) is 5.69 Å². The number of hydrogen-bond donors (Lipinski definition) is 1. The molecule has 2 amide bonds. The molecule has 8 nitrogen and oxygen atoms in total. The fraction of sp³-hybridized carbons (Fsp3) is 0.462. The van der Waals surface area contributed by atoms with E-state index < -0.39 is 11.5 Å². The molecule has 1 aliphatic carbocycles. The van der Waals surface area contributed by atoms with Gasteiger partial charge in [0.2, 0.25) is 0 Å². The second kappa shape index (κ2) is 9.44. The lowest BCUT2D eigenvalue weighted by Crippen LogP contribution is -2.48. The van der Waals surface area contributed by atoms with Crippen LogP contribution in [0.1, 0.15) is 66.3 Å². The van der Waals surface area contributed by atoms with Crippen molar-refractivity contribution in [2.75, 3.05) is 19.7 Å². The number of Topliss-reactive ketones (excluding diaryl/α,β-unsaturated/α-hetero) is 1. The molecule has 8 heteroatoms. The summed E-state index contributed by atoms with van der Waals surface area (Å²) in [5.74, 6) is -0.528. The molecule has 2 aromatic rings. The van der Waals surface area contributed by atoms with Crippen LogP contribution in [0.4, 0.5) is 4.79 Å². The van der Waals surface area contributed by atoms with Crippen molar-refractivity contribution < 1.29 is 19.1 Å². The van der Waals surface area contributed by atoms with Gasteiger partial charge < -0.3 is 15.0 Å². The minimum absolute atomic E-state index is 0.0373. The van der Waals surface area contributed by atoms with Crippen molar-refractivity contribution in [3.8, 4) is 5.69 Å². The number of nitrogens with zero attached hydrogens (tertiary/aromatic N) is 2. The third-order valence-corrected chi connectivity index (χ3v) is 6.53. The Hall–Kier alpha value is -3.42. The van der Waals surface area contributed by atoms with E-state index in [-0.39, 0.29) is 28.9 Å². The van der Waals surface area contributed by atoms with E-state index >= 15 is 0 Å². The van der Waals surface area contributed by atoms with Crippen molar-refractivity contribution in [2.24, 2.45) is 5.41 Å². The first-order valence-corrected chi connectivity index (χ1v) is 11.8. The molecular formula is C26H31N3O5. The summed E-state index contributed by atoms with van der Waals surface area (Å²) in [5, 5.41) is 3.00. The fourth-order valence-corrected chi connectivity index (χ4v) is 4.84. The lowest BCUT2D eigenvalue weighted by molar-refractivity contribution is 0.0857. The molecule has 1 aromatic carbocycles. The van der Waals surface area contributed by atoms with Crippen molar-refractivity contribution in [1.29, 1.82) is 0 Å². The minimum atomic E-state index is -0.466. The third-order valence-electron chi connectivity index (χ3n) is 6.53. The highest BCUT2D eigenvalue weighted by Gasteiger charge is 2.36. The van der Waals surface area contributed by atoms with Gasteiger partial charge in [0, 0.05) is 43.0 Å². The summed E-state index contributed by atoms with van der Waals surface area (Å²) in [4.78, 5) is 53.7. The first kappa shape index (κ1) is 23.7. The van der Waals surface area contributed by atoms with E-state index in [1.54, 1.807) is 30.2 Å². The van der Waals surface area contributed by atoms with Crippen LogP contribution >= 0.6 is 0 Å². The summed E-state index contributed by atoms with van der Waals surface area (Å²) in [6.45, 7) is 6.97. The summed E-state index contributed by atoms with van der Waals surface area (Å²) in [7, 11) is 0. The van der Waals surface area contributed by atoms with Gasteiger partial charge in [0.05, 0.1) is 6.61 Å². The lowest BCUT2D eigenvalue weighted by atomic mass is 9.73. The van der Waals surface area contributed by atoms with Crippen molar-refractivity contribution in [3.05, 3.63) is 63.6 Å². The Balaban J connectivity index is 1.66. The van der Waals surface area contributed by atoms with Crippen molar-refractivity contribution in [1.82, 2.24) is 14.8 Å². The van der Waals surface area contributed by atoms with Crippen LogP contribution in [0.15, 0.2) is 41.3 Å². The quantitative estimate of drug-likeness (QED) is 0.747. The molecule has 34 heavy (non-hydrogen) atoms. The SMILES string of the molecule is CCOC(=O)N1CCC(NC(=O)c2c3c(cn(-c4ccccc4)c2=O)C(=O)CC(C)(C)C3)CC1. The molecule has 1 aliphatic heterocycles. The number of pyridine rings is 1. The molecule has 4 rings (SSSR count). The molecule has 0 unspecified atom stereocenters. The summed E-state index contributed by atoms with van der Waals surface area (Å²) in [6.07, 6.45) is 3.20. The Labute approximate surface area is 198 Å². The summed E-state index contributed by atoms with van der Waals surface area (Å²) < 4.78 is 6.45.